The van der Waals surface area contributed by atoms with Crippen LogP contribution in [-0.2, 0) is 4.79 Å². The molecule has 0 bridgehead atoms. The van der Waals surface area contributed by atoms with Crippen LogP contribution in [0.2, 0.25) is 0 Å². The third-order valence-electron chi connectivity index (χ3n) is 6.34. The van der Waals surface area contributed by atoms with Crippen LogP contribution in [0.15, 0.2) is 88.5 Å². The molecule has 1 N–H and O–H groups in total. The molecule has 0 atom stereocenters. The number of halogens is 1. The van der Waals surface area contributed by atoms with Crippen molar-refractivity contribution in [2.75, 3.05) is 0 Å². The molecule has 1 amide bonds. The lowest BCUT2D eigenvalue weighted by atomic mass is 10.1. The van der Waals surface area contributed by atoms with Crippen molar-refractivity contribution in [3.63, 3.8) is 0 Å². The summed E-state index contributed by atoms with van der Waals surface area (Å²) in [6.07, 6.45) is 1.69. The monoisotopic (exact) mass is 493 g/mol. The van der Waals surface area contributed by atoms with Gasteiger partial charge in [0, 0.05) is 22.3 Å². The van der Waals surface area contributed by atoms with Gasteiger partial charge >= 0.3 is 0 Å². The number of hydrogen-bond acceptors (Lipinski definition) is 4. The Kier molecular flexibility index (Phi) is 5.19. The summed E-state index contributed by atoms with van der Waals surface area (Å²) in [4.78, 5) is 17.1. The van der Waals surface area contributed by atoms with Gasteiger partial charge in [-0.05, 0) is 66.9 Å². The van der Waals surface area contributed by atoms with Crippen LogP contribution < -0.4 is 0 Å². The first-order chi connectivity index (χ1) is 17.4. The Balaban J connectivity index is 1.40. The second-order valence-electron chi connectivity index (χ2n) is 8.57. The molecule has 0 aliphatic carbocycles. The van der Waals surface area contributed by atoms with Crippen LogP contribution in [-0.4, -0.2) is 31.5 Å². The van der Waals surface area contributed by atoms with E-state index in [0.29, 0.717) is 10.6 Å². The van der Waals surface area contributed by atoms with Crippen molar-refractivity contribution in [3.8, 4) is 5.69 Å². The molecule has 4 aromatic rings. The van der Waals surface area contributed by atoms with Crippen LogP contribution in [0.25, 0.3) is 22.5 Å². The SMILES string of the molecule is Cc1cc(/C=C2/C(=N)N3N=C(c4ccccc4F)SC3=NC2=O)c(C)n1-c1cccc2ccccc12. The maximum Gasteiger partial charge on any atom is 0.283 e. The molecule has 2 aliphatic rings. The van der Waals surface area contributed by atoms with Crippen molar-refractivity contribution >= 4 is 50.6 Å². The smallest absolute Gasteiger partial charge is 0.283 e. The Morgan fingerprint density at radius 3 is 2.58 bits per heavy atom. The summed E-state index contributed by atoms with van der Waals surface area (Å²) >= 11 is 1.08. The number of hydrazone groups is 1. The molecule has 176 valence electrons. The van der Waals surface area contributed by atoms with Crippen molar-refractivity contribution in [2.24, 2.45) is 10.1 Å². The summed E-state index contributed by atoms with van der Waals surface area (Å²) in [7, 11) is 0. The van der Waals surface area contributed by atoms with E-state index in [9.17, 15) is 9.18 Å². The van der Waals surface area contributed by atoms with Crippen LogP contribution in [0.4, 0.5) is 4.39 Å². The molecule has 3 heterocycles. The number of amides is 1. The van der Waals surface area contributed by atoms with Crippen LogP contribution >= 0.6 is 11.8 Å². The predicted octanol–water partition coefficient (Wildman–Crippen LogP) is 6.05. The molecule has 0 radical (unpaired) electrons. The van der Waals surface area contributed by atoms with E-state index < -0.39 is 11.7 Å². The molecular formula is C28H20FN5OS. The Morgan fingerprint density at radius 2 is 1.75 bits per heavy atom. The summed E-state index contributed by atoms with van der Waals surface area (Å²) in [6.45, 7) is 4.01. The van der Waals surface area contributed by atoms with Crippen molar-refractivity contribution in [2.45, 2.75) is 13.8 Å². The molecule has 0 spiro atoms. The van der Waals surface area contributed by atoms with E-state index in [1.54, 1.807) is 24.3 Å². The lowest BCUT2D eigenvalue weighted by Crippen LogP contribution is -2.35. The van der Waals surface area contributed by atoms with Gasteiger partial charge in [-0.2, -0.15) is 15.1 Å². The van der Waals surface area contributed by atoms with Gasteiger partial charge in [0.1, 0.15) is 10.9 Å². The Hall–Kier alpha value is -4.30. The Bertz CT molecular complexity index is 1690. The highest BCUT2D eigenvalue weighted by Gasteiger charge is 2.36. The van der Waals surface area contributed by atoms with Gasteiger partial charge in [0.05, 0.1) is 11.3 Å². The van der Waals surface area contributed by atoms with Gasteiger partial charge in [0.25, 0.3) is 5.91 Å². The molecular weight excluding hydrogens is 473 g/mol. The van der Waals surface area contributed by atoms with Crippen molar-refractivity contribution in [1.82, 2.24) is 9.58 Å². The number of amidine groups is 2. The fraction of sp³-hybridized carbons (Fsp3) is 0.0714. The van der Waals surface area contributed by atoms with Crippen molar-refractivity contribution < 1.29 is 9.18 Å². The maximum atomic E-state index is 14.3. The molecule has 0 fully saturated rings. The Labute approximate surface area is 211 Å². The number of nitrogens with zero attached hydrogens (tertiary/aromatic N) is 4. The topological polar surface area (TPSA) is 73.8 Å². The number of thioether (sulfide) groups is 1. The highest BCUT2D eigenvalue weighted by atomic mass is 32.2. The lowest BCUT2D eigenvalue weighted by Gasteiger charge is -2.20. The number of carbonyl (C=O) groups is 1. The zero-order valence-electron chi connectivity index (χ0n) is 19.5. The predicted molar refractivity (Wildman–Crippen MR) is 143 cm³/mol. The van der Waals surface area contributed by atoms with Crippen LogP contribution in [0.3, 0.4) is 0 Å². The van der Waals surface area contributed by atoms with Crippen molar-refractivity contribution in [3.05, 3.63) is 107 Å². The molecule has 36 heavy (non-hydrogen) atoms. The van der Waals surface area contributed by atoms with Gasteiger partial charge in [0.2, 0.25) is 5.17 Å². The third-order valence-corrected chi connectivity index (χ3v) is 7.28. The maximum absolute atomic E-state index is 14.3. The van der Waals surface area contributed by atoms with E-state index in [4.69, 9.17) is 5.41 Å². The average molecular weight is 494 g/mol. The first-order valence-electron chi connectivity index (χ1n) is 11.3. The van der Waals surface area contributed by atoms with Gasteiger partial charge in [-0.25, -0.2) is 4.39 Å². The number of carbonyl (C=O) groups excluding carboxylic acids is 1. The molecule has 6 rings (SSSR count). The minimum absolute atomic E-state index is 0.0844. The number of aromatic nitrogens is 1. The van der Waals surface area contributed by atoms with E-state index in [0.717, 1.165) is 45.2 Å². The fourth-order valence-electron chi connectivity index (χ4n) is 4.60. The highest BCUT2D eigenvalue weighted by molar-refractivity contribution is 8.27. The zero-order chi connectivity index (χ0) is 25.0. The molecule has 3 aromatic carbocycles. The number of fused-ring (bicyclic) bond motifs is 2. The number of aryl methyl sites for hydroxylation is 1. The number of benzene rings is 3. The molecule has 6 nitrogen and oxygen atoms in total. The van der Waals surface area contributed by atoms with Crippen molar-refractivity contribution in [1.29, 1.82) is 5.41 Å². The van der Waals surface area contributed by atoms with E-state index >= 15 is 0 Å². The van der Waals surface area contributed by atoms with E-state index in [2.05, 4.69) is 38.9 Å². The molecule has 1 aromatic heterocycles. The first kappa shape index (κ1) is 22.2. The quantitative estimate of drug-likeness (QED) is 0.353. The van der Waals surface area contributed by atoms with E-state index in [-0.39, 0.29) is 16.6 Å². The van der Waals surface area contributed by atoms with Crippen LogP contribution in [0, 0.1) is 25.1 Å². The number of aliphatic imine (C=N–C) groups is 1. The summed E-state index contributed by atoms with van der Waals surface area (Å²) in [5.74, 6) is -1.02. The second kappa shape index (κ2) is 8.42. The molecule has 0 unspecified atom stereocenters. The summed E-state index contributed by atoms with van der Waals surface area (Å²) in [5.41, 5.74) is 4.26. The van der Waals surface area contributed by atoms with Crippen LogP contribution in [0.5, 0.6) is 0 Å². The fourth-order valence-corrected chi connectivity index (χ4v) is 5.52. The van der Waals surface area contributed by atoms with Gasteiger partial charge in [-0.15, -0.1) is 0 Å². The summed E-state index contributed by atoms with van der Waals surface area (Å²) < 4.78 is 16.4. The minimum Gasteiger partial charge on any atom is -0.317 e. The minimum atomic E-state index is -0.515. The molecule has 0 saturated heterocycles. The lowest BCUT2D eigenvalue weighted by molar-refractivity contribution is -0.114. The second-order valence-corrected chi connectivity index (χ2v) is 9.52. The number of rotatable bonds is 3. The largest absolute Gasteiger partial charge is 0.317 e. The summed E-state index contributed by atoms with van der Waals surface area (Å²) in [5, 5.41) is 17.3. The van der Waals surface area contributed by atoms with Gasteiger partial charge in [0.15, 0.2) is 5.84 Å². The standard InChI is InChI=1S/C28H20FN5OS/c1-16-14-19(17(2)33(16)24-13-7-9-18-8-3-4-10-20(18)24)15-22-25(30)34-28(31-26(22)35)36-27(32-34)21-11-5-6-12-23(21)29/h3-15,30H,1-2H3/b22-15-,30-25?. The van der Waals surface area contributed by atoms with Gasteiger partial charge < -0.3 is 4.57 Å². The molecule has 8 heteroatoms. The molecule has 2 aliphatic heterocycles. The Morgan fingerprint density at radius 1 is 1.00 bits per heavy atom. The third kappa shape index (κ3) is 3.49. The number of nitrogens with one attached hydrogen (secondary N) is 1. The van der Waals surface area contributed by atoms with Gasteiger partial charge in [-0.3, -0.25) is 10.2 Å². The molecule has 0 saturated carbocycles. The van der Waals surface area contributed by atoms with E-state index in [1.165, 1.54) is 11.1 Å². The van der Waals surface area contributed by atoms with Crippen LogP contribution in [0.1, 0.15) is 22.5 Å². The zero-order valence-corrected chi connectivity index (χ0v) is 20.3. The number of hydrogen-bond donors (Lipinski definition) is 1. The summed E-state index contributed by atoms with van der Waals surface area (Å²) in [6, 6.07) is 22.7. The van der Waals surface area contributed by atoms with Gasteiger partial charge in [-0.1, -0.05) is 48.5 Å². The average Bonchev–Trinajstić information content (AvgIpc) is 3.42. The highest BCUT2D eigenvalue weighted by Crippen LogP contribution is 2.33. The van der Waals surface area contributed by atoms with E-state index in [1.807, 2.05) is 38.1 Å². The normalized spacial score (nSPS) is 16.5. The first-order valence-corrected chi connectivity index (χ1v) is 12.2.